The number of Topliss-reactive ketones (excluding diaryl/α,β-unsaturated/α-hetero) is 1. The number of ketones is 1. The summed E-state index contributed by atoms with van der Waals surface area (Å²) < 4.78 is 11.1. The Balaban J connectivity index is 1.72. The van der Waals surface area contributed by atoms with E-state index in [1.54, 1.807) is 19.1 Å². The molecule has 0 atom stereocenters. The van der Waals surface area contributed by atoms with Crippen LogP contribution in [0.1, 0.15) is 29.3 Å². The molecule has 6 nitrogen and oxygen atoms in total. The fourth-order valence-electron chi connectivity index (χ4n) is 2.13. The Morgan fingerprint density at radius 3 is 1.88 bits per heavy atom. The third kappa shape index (κ3) is 6.27. The fourth-order valence-corrected chi connectivity index (χ4v) is 2.13. The summed E-state index contributed by atoms with van der Waals surface area (Å²) in [5.41, 5.74) is 1.33. The van der Waals surface area contributed by atoms with Gasteiger partial charge in [0, 0.05) is 6.42 Å². The molecule has 0 aliphatic rings. The highest BCUT2D eigenvalue weighted by Crippen LogP contribution is 2.15. The predicted molar refractivity (Wildman–Crippen MR) is 90.9 cm³/mol. The molecule has 0 unspecified atom stereocenters. The van der Waals surface area contributed by atoms with E-state index < -0.39 is 5.97 Å². The Bertz CT molecular complexity index is 691. The molecule has 0 saturated heterocycles. The van der Waals surface area contributed by atoms with Crippen LogP contribution in [-0.2, 0) is 16.1 Å². The van der Waals surface area contributed by atoms with Gasteiger partial charge in [0.1, 0.15) is 30.5 Å². The second-order valence-corrected chi connectivity index (χ2v) is 5.45. The zero-order valence-electron chi connectivity index (χ0n) is 13.9. The summed E-state index contributed by atoms with van der Waals surface area (Å²) in [5, 5.41) is 8.30. The molecular formula is C19H20O6. The van der Waals surface area contributed by atoms with Crippen LogP contribution in [0.3, 0.4) is 0 Å². The largest absolute Gasteiger partial charge is 0.490 e. The van der Waals surface area contributed by atoms with Gasteiger partial charge in [-0.05, 0) is 55.3 Å². The SMILES string of the molecule is CC(=O)CCc1ccc(OCCOc2ccc(C(=O)OO)cc2)cc1. The summed E-state index contributed by atoms with van der Waals surface area (Å²) in [4.78, 5) is 25.7. The fraction of sp³-hybridized carbons (Fsp3) is 0.263. The summed E-state index contributed by atoms with van der Waals surface area (Å²) in [7, 11) is 0. The molecule has 1 N–H and O–H groups in total. The first-order valence-corrected chi connectivity index (χ1v) is 7.88. The van der Waals surface area contributed by atoms with Crippen molar-refractivity contribution in [1.82, 2.24) is 0 Å². The van der Waals surface area contributed by atoms with Crippen molar-refractivity contribution in [2.45, 2.75) is 19.8 Å². The van der Waals surface area contributed by atoms with Crippen LogP contribution in [-0.4, -0.2) is 30.2 Å². The van der Waals surface area contributed by atoms with Crippen LogP contribution in [0.4, 0.5) is 0 Å². The van der Waals surface area contributed by atoms with Crippen molar-refractivity contribution in [2.24, 2.45) is 0 Å². The Labute approximate surface area is 145 Å². The average molecular weight is 344 g/mol. The van der Waals surface area contributed by atoms with Crippen LogP contribution in [0.15, 0.2) is 48.5 Å². The summed E-state index contributed by atoms with van der Waals surface area (Å²) in [6.45, 7) is 2.30. The van der Waals surface area contributed by atoms with Crippen LogP contribution in [0.2, 0.25) is 0 Å². The lowest BCUT2D eigenvalue weighted by Gasteiger charge is -2.09. The highest BCUT2D eigenvalue weighted by Gasteiger charge is 2.06. The smallest absolute Gasteiger partial charge is 0.372 e. The lowest BCUT2D eigenvalue weighted by Crippen LogP contribution is -2.09. The number of hydrogen-bond donors (Lipinski definition) is 1. The number of carbonyl (C=O) groups excluding carboxylic acids is 2. The van der Waals surface area contributed by atoms with Gasteiger partial charge in [-0.3, -0.25) is 4.89 Å². The topological polar surface area (TPSA) is 82.1 Å². The van der Waals surface area contributed by atoms with Crippen molar-refractivity contribution in [2.75, 3.05) is 13.2 Å². The molecule has 2 aromatic carbocycles. The third-order valence-electron chi connectivity index (χ3n) is 3.48. The molecule has 25 heavy (non-hydrogen) atoms. The predicted octanol–water partition coefficient (Wildman–Crippen LogP) is 3.30. The molecule has 2 aromatic rings. The number of hydrogen-bond acceptors (Lipinski definition) is 6. The van der Waals surface area contributed by atoms with Gasteiger partial charge in [-0.2, -0.15) is 5.26 Å². The van der Waals surface area contributed by atoms with Gasteiger partial charge in [-0.1, -0.05) is 12.1 Å². The minimum absolute atomic E-state index is 0.179. The minimum Gasteiger partial charge on any atom is -0.490 e. The van der Waals surface area contributed by atoms with Gasteiger partial charge in [0.2, 0.25) is 0 Å². The maximum Gasteiger partial charge on any atom is 0.372 e. The molecule has 0 aromatic heterocycles. The maximum atomic E-state index is 11.1. The third-order valence-corrected chi connectivity index (χ3v) is 3.48. The van der Waals surface area contributed by atoms with Crippen molar-refractivity contribution < 1.29 is 29.2 Å². The van der Waals surface area contributed by atoms with Gasteiger partial charge in [-0.25, -0.2) is 4.79 Å². The van der Waals surface area contributed by atoms with Gasteiger partial charge in [0.15, 0.2) is 0 Å². The van der Waals surface area contributed by atoms with Crippen molar-refractivity contribution in [1.29, 1.82) is 0 Å². The van der Waals surface area contributed by atoms with Gasteiger partial charge in [0.05, 0.1) is 5.56 Å². The Morgan fingerprint density at radius 1 is 0.880 bits per heavy atom. The molecule has 0 fully saturated rings. The number of aryl methyl sites for hydroxylation is 1. The summed E-state index contributed by atoms with van der Waals surface area (Å²) in [5.74, 6) is 0.675. The van der Waals surface area contributed by atoms with E-state index in [1.807, 2.05) is 24.3 Å². The molecule has 132 valence electrons. The molecule has 0 saturated carbocycles. The van der Waals surface area contributed by atoms with Gasteiger partial charge in [-0.15, -0.1) is 0 Å². The van der Waals surface area contributed by atoms with E-state index in [2.05, 4.69) is 4.89 Å². The average Bonchev–Trinajstić information content (AvgIpc) is 2.64. The Kier molecular flexibility index (Phi) is 6.98. The minimum atomic E-state index is -0.818. The standard InChI is InChI=1S/C19H20O6/c1-14(20)2-3-15-4-8-17(9-5-15)23-12-13-24-18-10-6-16(7-11-18)19(21)25-22/h4-11,22H,2-3,12-13H2,1H3. The van der Waals surface area contributed by atoms with Gasteiger partial charge < -0.3 is 14.3 Å². The van der Waals surface area contributed by atoms with Gasteiger partial charge in [0.25, 0.3) is 0 Å². The van der Waals surface area contributed by atoms with E-state index in [1.165, 1.54) is 12.1 Å². The number of carbonyl (C=O) groups is 2. The number of rotatable bonds is 9. The molecule has 0 aliphatic heterocycles. The van der Waals surface area contributed by atoms with Crippen LogP contribution in [0.25, 0.3) is 0 Å². The first-order chi connectivity index (χ1) is 12.1. The summed E-state index contributed by atoms with van der Waals surface area (Å²) >= 11 is 0. The van der Waals surface area contributed by atoms with E-state index in [-0.39, 0.29) is 11.3 Å². The number of benzene rings is 2. The quantitative estimate of drug-likeness (QED) is 0.427. The van der Waals surface area contributed by atoms with Crippen molar-refractivity contribution in [3.05, 3.63) is 59.7 Å². The first kappa shape index (κ1) is 18.5. The highest BCUT2D eigenvalue weighted by molar-refractivity contribution is 5.88. The Hall–Kier alpha value is -2.86. The molecule has 0 amide bonds. The Morgan fingerprint density at radius 2 is 1.40 bits per heavy atom. The zero-order chi connectivity index (χ0) is 18.1. The van der Waals surface area contributed by atoms with Crippen LogP contribution in [0.5, 0.6) is 11.5 Å². The van der Waals surface area contributed by atoms with Crippen LogP contribution in [0, 0.1) is 0 Å². The van der Waals surface area contributed by atoms with E-state index in [4.69, 9.17) is 14.7 Å². The lowest BCUT2D eigenvalue weighted by molar-refractivity contribution is -0.182. The van der Waals surface area contributed by atoms with Crippen LogP contribution < -0.4 is 9.47 Å². The second kappa shape index (κ2) is 9.44. The van der Waals surface area contributed by atoms with Crippen molar-refractivity contribution >= 4 is 11.8 Å². The van der Waals surface area contributed by atoms with E-state index >= 15 is 0 Å². The van der Waals surface area contributed by atoms with Gasteiger partial charge >= 0.3 is 5.97 Å². The number of ether oxygens (including phenoxy) is 2. The lowest BCUT2D eigenvalue weighted by atomic mass is 10.1. The zero-order valence-corrected chi connectivity index (χ0v) is 13.9. The maximum absolute atomic E-state index is 11.1. The molecular weight excluding hydrogens is 324 g/mol. The van der Waals surface area contributed by atoms with E-state index in [9.17, 15) is 9.59 Å². The molecule has 0 aliphatic carbocycles. The summed E-state index contributed by atoms with van der Waals surface area (Å²) in [6, 6.07) is 13.8. The molecule has 0 spiro atoms. The second-order valence-electron chi connectivity index (χ2n) is 5.45. The normalized spacial score (nSPS) is 10.2. The van der Waals surface area contributed by atoms with E-state index in [0.29, 0.717) is 25.4 Å². The van der Waals surface area contributed by atoms with Crippen molar-refractivity contribution in [3.8, 4) is 11.5 Å². The molecule has 6 heteroatoms. The summed E-state index contributed by atoms with van der Waals surface area (Å²) in [6.07, 6.45) is 1.28. The highest BCUT2D eigenvalue weighted by atomic mass is 17.1. The molecule has 0 heterocycles. The van der Waals surface area contributed by atoms with Crippen molar-refractivity contribution in [3.63, 3.8) is 0 Å². The first-order valence-electron chi connectivity index (χ1n) is 7.88. The van der Waals surface area contributed by atoms with E-state index in [0.717, 1.165) is 17.7 Å². The van der Waals surface area contributed by atoms with Crippen LogP contribution >= 0.6 is 0 Å². The molecule has 0 bridgehead atoms. The molecule has 0 radical (unpaired) electrons. The monoisotopic (exact) mass is 344 g/mol. The molecule has 2 rings (SSSR count).